The van der Waals surface area contributed by atoms with Gasteiger partial charge in [0.15, 0.2) is 5.82 Å². The second-order valence-corrected chi connectivity index (χ2v) is 7.48. The number of hydrogen-bond acceptors (Lipinski definition) is 9. The molecule has 0 bridgehead atoms. The Bertz CT molecular complexity index is 954. The highest BCUT2D eigenvalue weighted by Crippen LogP contribution is 2.17. The van der Waals surface area contributed by atoms with E-state index in [1.165, 1.54) is 32.9 Å². The van der Waals surface area contributed by atoms with Crippen LogP contribution in [0, 0.1) is 13.8 Å². The Hall–Kier alpha value is -2.73. The molecule has 0 aliphatic carbocycles. The highest BCUT2D eigenvalue weighted by atomic mass is 32.2. The number of nitrogens with one attached hydrogen (secondary N) is 1. The molecule has 0 saturated carbocycles. The highest BCUT2D eigenvalue weighted by molar-refractivity contribution is 7.99. The SMILES string of the molecule is CSc1nnc(COc2ccc(C)cc2)n1NC(=O)CSc1nnc(C)n1N. The number of rotatable bonds is 8. The van der Waals surface area contributed by atoms with E-state index in [0.29, 0.717) is 27.7 Å². The summed E-state index contributed by atoms with van der Waals surface area (Å²) in [5.74, 6) is 7.42. The number of ether oxygens (including phenoxy) is 1. The summed E-state index contributed by atoms with van der Waals surface area (Å²) >= 11 is 2.56. The summed E-state index contributed by atoms with van der Waals surface area (Å²) < 4.78 is 8.61. The molecule has 0 atom stereocenters. The maximum atomic E-state index is 12.4. The molecule has 12 heteroatoms. The summed E-state index contributed by atoms with van der Waals surface area (Å²) in [6.45, 7) is 3.91. The zero-order valence-electron chi connectivity index (χ0n) is 15.6. The van der Waals surface area contributed by atoms with Gasteiger partial charge in [0.05, 0.1) is 5.75 Å². The number of thioether (sulfide) groups is 2. The summed E-state index contributed by atoms with van der Waals surface area (Å²) in [5, 5.41) is 17.0. The van der Waals surface area contributed by atoms with Gasteiger partial charge in [0, 0.05) is 0 Å². The maximum absolute atomic E-state index is 12.4. The number of nitrogen functional groups attached to an aromatic ring is 1. The summed E-state index contributed by atoms with van der Waals surface area (Å²) in [4.78, 5) is 12.4. The Kier molecular flexibility index (Phi) is 6.41. The molecule has 3 aromatic rings. The van der Waals surface area contributed by atoms with Crippen LogP contribution in [0.25, 0.3) is 0 Å². The molecule has 28 heavy (non-hydrogen) atoms. The van der Waals surface area contributed by atoms with Crippen molar-refractivity contribution in [1.82, 2.24) is 29.7 Å². The van der Waals surface area contributed by atoms with Crippen molar-refractivity contribution in [3.63, 3.8) is 0 Å². The van der Waals surface area contributed by atoms with Crippen LogP contribution < -0.4 is 16.0 Å². The molecule has 2 aromatic heterocycles. The van der Waals surface area contributed by atoms with Crippen molar-refractivity contribution < 1.29 is 9.53 Å². The fourth-order valence-corrected chi connectivity index (χ4v) is 3.31. The van der Waals surface area contributed by atoms with Crippen molar-refractivity contribution in [2.75, 3.05) is 23.3 Å². The van der Waals surface area contributed by atoms with Crippen LogP contribution in [-0.4, -0.2) is 47.7 Å². The third-order valence-corrected chi connectivity index (χ3v) is 5.25. The van der Waals surface area contributed by atoms with Gasteiger partial charge in [-0.25, -0.2) is 9.35 Å². The third-order valence-electron chi connectivity index (χ3n) is 3.68. The number of aromatic nitrogens is 6. The van der Waals surface area contributed by atoms with Crippen LogP contribution in [0.2, 0.25) is 0 Å². The largest absolute Gasteiger partial charge is 0.486 e. The predicted octanol–water partition coefficient (Wildman–Crippen LogP) is 1.36. The number of nitrogens with two attached hydrogens (primary N) is 1. The summed E-state index contributed by atoms with van der Waals surface area (Å²) in [7, 11) is 0. The van der Waals surface area contributed by atoms with Crippen molar-refractivity contribution in [3.05, 3.63) is 41.5 Å². The summed E-state index contributed by atoms with van der Waals surface area (Å²) in [6.07, 6.45) is 1.85. The first-order chi connectivity index (χ1) is 13.5. The number of aryl methyl sites for hydroxylation is 2. The molecule has 3 N–H and O–H groups in total. The average molecular weight is 421 g/mol. The quantitative estimate of drug-likeness (QED) is 0.410. The van der Waals surface area contributed by atoms with E-state index in [4.69, 9.17) is 10.6 Å². The smallest absolute Gasteiger partial charge is 0.249 e. The van der Waals surface area contributed by atoms with E-state index >= 15 is 0 Å². The van der Waals surface area contributed by atoms with Gasteiger partial charge in [0.1, 0.15) is 18.2 Å². The van der Waals surface area contributed by atoms with Gasteiger partial charge in [-0.3, -0.25) is 10.2 Å². The molecule has 0 unspecified atom stereocenters. The van der Waals surface area contributed by atoms with Gasteiger partial charge in [-0.15, -0.1) is 20.4 Å². The number of amides is 1. The van der Waals surface area contributed by atoms with E-state index in [1.807, 2.05) is 37.4 Å². The van der Waals surface area contributed by atoms with Gasteiger partial charge in [0.2, 0.25) is 16.2 Å². The zero-order chi connectivity index (χ0) is 20.1. The number of hydrogen-bond donors (Lipinski definition) is 2. The molecule has 0 radical (unpaired) electrons. The van der Waals surface area contributed by atoms with Gasteiger partial charge in [0.25, 0.3) is 0 Å². The second kappa shape index (κ2) is 8.97. The second-order valence-electron chi connectivity index (χ2n) is 5.76. The lowest BCUT2D eigenvalue weighted by Gasteiger charge is -2.11. The molecule has 148 valence electrons. The maximum Gasteiger partial charge on any atom is 0.249 e. The fourth-order valence-electron chi connectivity index (χ4n) is 2.16. The number of carbonyl (C=O) groups excluding carboxylic acids is 1. The molecule has 1 amide bonds. The average Bonchev–Trinajstić information content (AvgIpc) is 3.22. The normalized spacial score (nSPS) is 10.8. The minimum absolute atomic E-state index is 0.111. The van der Waals surface area contributed by atoms with Crippen LogP contribution in [-0.2, 0) is 11.4 Å². The Labute approximate surface area is 170 Å². The molecular formula is C16H20N8O2S2. The van der Waals surface area contributed by atoms with Gasteiger partial charge >= 0.3 is 0 Å². The molecular weight excluding hydrogens is 400 g/mol. The fraction of sp³-hybridized carbons (Fsp3) is 0.312. The van der Waals surface area contributed by atoms with E-state index in [2.05, 4.69) is 25.8 Å². The molecule has 10 nitrogen and oxygen atoms in total. The predicted molar refractivity (Wildman–Crippen MR) is 107 cm³/mol. The molecule has 1 aromatic carbocycles. The van der Waals surface area contributed by atoms with Gasteiger partial charge in [-0.1, -0.05) is 41.2 Å². The van der Waals surface area contributed by atoms with Crippen molar-refractivity contribution >= 4 is 29.4 Å². The van der Waals surface area contributed by atoms with Crippen LogP contribution in [0.4, 0.5) is 0 Å². The highest BCUT2D eigenvalue weighted by Gasteiger charge is 2.16. The molecule has 0 aliphatic heterocycles. The molecule has 3 rings (SSSR count). The monoisotopic (exact) mass is 420 g/mol. The van der Waals surface area contributed by atoms with Crippen LogP contribution in [0.15, 0.2) is 34.6 Å². The lowest BCUT2D eigenvalue weighted by atomic mass is 10.2. The van der Waals surface area contributed by atoms with Crippen LogP contribution in [0.5, 0.6) is 5.75 Å². The Morgan fingerprint density at radius 2 is 1.86 bits per heavy atom. The third kappa shape index (κ3) is 4.75. The van der Waals surface area contributed by atoms with E-state index < -0.39 is 0 Å². The van der Waals surface area contributed by atoms with Crippen LogP contribution in [0.3, 0.4) is 0 Å². The first kappa shape index (κ1) is 20.0. The topological polar surface area (TPSA) is 126 Å². The number of nitrogens with zero attached hydrogens (tertiary/aromatic N) is 6. The Morgan fingerprint density at radius 3 is 2.50 bits per heavy atom. The first-order valence-corrected chi connectivity index (χ1v) is 10.5. The Morgan fingerprint density at radius 1 is 1.14 bits per heavy atom. The van der Waals surface area contributed by atoms with Crippen molar-refractivity contribution in [2.45, 2.75) is 30.8 Å². The van der Waals surface area contributed by atoms with E-state index in [-0.39, 0.29) is 18.3 Å². The summed E-state index contributed by atoms with van der Waals surface area (Å²) in [5.41, 5.74) is 3.93. The van der Waals surface area contributed by atoms with Crippen molar-refractivity contribution in [1.29, 1.82) is 0 Å². The van der Waals surface area contributed by atoms with E-state index in [9.17, 15) is 4.79 Å². The van der Waals surface area contributed by atoms with Gasteiger partial charge < -0.3 is 10.6 Å². The zero-order valence-corrected chi connectivity index (χ0v) is 17.3. The molecule has 0 aliphatic rings. The minimum atomic E-state index is -0.252. The first-order valence-electron chi connectivity index (χ1n) is 8.25. The molecule has 0 fully saturated rings. The summed E-state index contributed by atoms with van der Waals surface area (Å²) in [6, 6.07) is 7.69. The number of benzene rings is 1. The lowest BCUT2D eigenvalue weighted by molar-refractivity contribution is -0.114. The van der Waals surface area contributed by atoms with E-state index in [0.717, 1.165) is 5.56 Å². The van der Waals surface area contributed by atoms with E-state index in [1.54, 1.807) is 6.92 Å². The van der Waals surface area contributed by atoms with Crippen molar-refractivity contribution in [2.24, 2.45) is 0 Å². The standard InChI is InChI=1S/C16H20N8O2S2/c1-10-4-6-12(7-5-10)26-8-13-19-21-16(27-3)24(13)22-14(25)9-28-15-20-18-11(2)23(15)17/h4-7H,8-9,17H2,1-3H3,(H,22,25). The lowest BCUT2D eigenvalue weighted by Crippen LogP contribution is -2.27. The molecule has 0 saturated heterocycles. The van der Waals surface area contributed by atoms with Gasteiger partial charge in [-0.05, 0) is 32.2 Å². The minimum Gasteiger partial charge on any atom is -0.486 e. The van der Waals surface area contributed by atoms with Crippen LogP contribution in [0.1, 0.15) is 17.2 Å². The van der Waals surface area contributed by atoms with Crippen LogP contribution >= 0.6 is 23.5 Å². The van der Waals surface area contributed by atoms with Gasteiger partial charge in [-0.2, -0.15) is 0 Å². The number of carbonyl (C=O) groups is 1. The molecule has 2 heterocycles. The Balaban J connectivity index is 1.63. The molecule has 0 spiro atoms. The van der Waals surface area contributed by atoms with Crippen molar-refractivity contribution in [3.8, 4) is 5.75 Å².